The smallest absolute Gasteiger partial charge is 0.244 e. The molecule has 0 saturated carbocycles. The van der Waals surface area contributed by atoms with Gasteiger partial charge in [-0.1, -0.05) is 48.5 Å². The summed E-state index contributed by atoms with van der Waals surface area (Å²) in [4.78, 5) is 29.2. The average molecular weight is 566 g/mol. The van der Waals surface area contributed by atoms with Crippen molar-refractivity contribution in [2.75, 3.05) is 24.2 Å². The molecule has 3 aromatic rings. The second-order valence-electron chi connectivity index (χ2n) is 10.4. The highest BCUT2D eigenvalue weighted by atomic mass is 32.2. The Morgan fingerprint density at radius 1 is 0.900 bits per heavy atom. The lowest BCUT2D eigenvalue weighted by Crippen LogP contribution is -2.54. The van der Waals surface area contributed by atoms with Gasteiger partial charge in [-0.25, -0.2) is 8.42 Å². The van der Waals surface area contributed by atoms with Gasteiger partial charge < -0.3 is 15.0 Å². The fraction of sp³-hybridized carbons (Fsp3) is 0.355. The summed E-state index contributed by atoms with van der Waals surface area (Å²) in [6, 6.07) is 21.1. The molecule has 1 atom stereocenters. The molecular formula is C31H39N3O5S. The molecule has 0 bridgehead atoms. The lowest BCUT2D eigenvalue weighted by Gasteiger charge is -2.34. The standard InChI is InChI=1S/C31H39N3O5S/c1-22(2)32-31(36)29(19-25-11-8-7-9-12-25)33(20-26-13-10-14-28(18-26)39-5)30(35)21-34(40(6,37)38)27-16-23(3)15-24(4)17-27/h7-18,22,29H,19-21H2,1-6H3,(H,32,36)/t29-/m0/s1. The molecule has 2 amide bonds. The SMILES string of the molecule is COc1cccc(CN(C(=O)CN(c2cc(C)cc(C)c2)S(C)(=O)=O)[C@@H](Cc2ccccc2)C(=O)NC(C)C)c1. The summed E-state index contributed by atoms with van der Waals surface area (Å²) in [5, 5.41) is 2.95. The van der Waals surface area contributed by atoms with Crippen LogP contribution < -0.4 is 14.4 Å². The number of hydrogen-bond acceptors (Lipinski definition) is 5. The number of rotatable bonds is 12. The topological polar surface area (TPSA) is 96.0 Å². The number of methoxy groups -OCH3 is 1. The largest absolute Gasteiger partial charge is 0.497 e. The Morgan fingerprint density at radius 3 is 2.10 bits per heavy atom. The first-order valence-electron chi connectivity index (χ1n) is 13.2. The number of aryl methyl sites for hydroxylation is 2. The van der Waals surface area contributed by atoms with Crippen molar-refractivity contribution < 1.29 is 22.7 Å². The number of ether oxygens (including phenoxy) is 1. The molecule has 3 aromatic carbocycles. The number of hydrogen-bond donors (Lipinski definition) is 1. The first-order valence-corrected chi connectivity index (χ1v) is 15.0. The van der Waals surface area contributed by atoms with Crippen molar-refractivity contribution in [2.45, 2.75) is 52.7 Å². The minimum absolute atomic E-state index is 0.0868. The van der Waals surface area contributed by atoms with E-state index in [-0.39, 0.29) is 24.9 Å². The molecule has 3 rings (SSSR count). The molecule has 0 spiro atoms. The molecule has 0 unspecified atom stereocenters. The Bertz CT molecular complexity index is 1400. The van der Waals surface area contributed by atoms with Crippen LogP contribution in [0.4, 0.5) is 5.69 Å². The van der Waals surface area contributed by atoms with Gasteiger partial charge in [0.2, 0.25) is 21.8 Å². The number of sulfonamides is 1. The number of carbonyl (C=O) groups is 2. The van der Waals surface area contributed by atoms with Gasteiger partial charge in [0.05, 0.1) is 19.1 Å². The Balaban J connectivity index is 2.09. The second-order valence-corrected chi connectivity index (χ2v) is 12.3. The van der Waals surface area contributed by atoms with E-state index in [1.54, 1.807) is 31.4 Å². The number of nitrogens with zero attached hydrogens (tertiary/aromatic N) is 2. The summed E-state index contributed by atoms with van der Waals surface area (Å²) in [7, 11) is -2.26. The van der Waals surface area contributed by atoms with Crippen LogP contribution in [-0.4, -0.2) is 57.1 Å². The van der Waals surface area contributed by atoms with Gasteiger partial charge in [-0.15, -0.1) is 0 Å². The normalized spacial score (nSPS) is 12.1. The third kappa shape index (κ3) is 8.58. The molecule has 1 N–H and O–H groups in total. The summed E-state index contributed by atoms with van der Waals surface area (Å²) < 4.78 is 32.4. The van der Waals surface area contributed by atoms with Crippen LogP contribution in [0, 0.1) is 13.8 Å². The molecule has 40 heavy (non-hydrogen) atoms. The van der Waals surface area contributed by atoms with E-state index >= 15 is 0 Å². The van der Waals surface area contributed by atoms with Gasteiger partial charge in [-0.2, -0.15) is 0 Å². The maximum Gasteiger partial charge on any atom is 0.244 e. The highest BCUT2D eigenvalue weighted by molar-refractivity contribution is 7.92. The summed E-state index contributed by atoms with van der Waals surface area (Å²) in [6.07, 6.45) is 1.34. The van der Waals surface area contributed by atoms with Crippen LogP contribution in [0.15, 0.2) is 72.8 Å². The van der Waals surface area contributed by atoms with Crippen LogP contribution >= 0.6 is 0 Å². The van der Waals surface area contributed by atoms with Crippen molar-refractivity contribution in [3.05, 3.63) is 95.1 Å². The van der Waals surface area contributed by atoms with Gasteiger partial charge in [0, 0.05) is 19.0 Å². The number of benzene rings is 3. The predicted octanol–water partition coefficient (Wildman–Crippen LogP) is 4.24. The van der Waals surface area contributed by atoms with E-state index in [1.807, 2.05) is 76.2 Å². The molecule has 0 aromatic heterocycles. The summed E-state index contributed by atoms with van der Waals surface area (Å²) in [5.74, 6) is -0.191. The van der Waals surface area contributed by atoms with E-state index in [1.165, 1.54) is 4.90 Å². The van der Waals surface area contributed by atoms with Crippen molar-refractivity contribution in [3.63, 3.8) is 0 Å². The first kappa shape index (κ1) is 30.7. The van der Waals surface area contributed by atoms with Gasteiger partial charge in [0.25, 0.3) is 0 Å². The zero-order chi connectivity index (χ0) is 29.4. The van der Waals surface area contributed by atoms with Crippen LogP contribution in [-0.2, 0) is 32.6 Å². The molecule has 0 aliphatic heterocycles. The predicted molar refractivity (Wildman–Crippen MR) is 159 cm³/mol. The van der Waals surface area contributed by atoms with Crippen molar-refractivity contribution in [3.8, 4) is 5.75 Å². The van der Waals surface area contributed by atoms with E-state index in [2.05, 4.69) is 5.32 Å². The fourth-order valence-electron chi connectivity index (χ4n) is 4.61. The number of anilines is 1. The maximum absolute atomic E-state index is 14.1. The Kier molecular flexibility index (Phi) is 10.3. The van der Waals surface area contributed by atoms with Gasteiger partial charge in [0.1, 0.15) is 18.3 Å². The minimum Gasteiger partial charge on any atom is -0.497 e. The molecule has 0 radical (unpaired) electrons. The van der Waals surface area contributed by atoms with Crippen molar-refractivity contribution in [1.29, 1.82) is 0 Å². The molecule has 8 nitrogen and oxygen atoms in total. The van der Waals surface area contributed by atoms with E-state index in [0.29, 0.717) is 11.4 Å². The average Bonchev–Trinajstić information content (AvgIpc) is 2.88. The molecule has 0 aliphatic carbocycles. The summed E-state index contributed by atoms with van der Waals surface area (Å²) in [6.45, 7) is 7.10. The number of amides is 2. The monoisotopic (exact) mass is 565 g/mol. The Hall–Kier alpha value is -3.85. The zero-order valence-electron chi connectivity index (χ0n) is 24.0. The number of carbonyl (C=O) groups excluding carboxylic acids is 2. The van der Waals surface area contributed by atoms with Crippen LogP contribution in [0.2, 0.25) is 0 Å². The van der Waals surface area contributed by atoms with E-state index in [0.717, 1.165) is 32.8 Å². The summed E-state index contributed by atoms with van der Waals surface area (Å²) >= 11 is 0. The van der Waals surface area contributed by atoms with E-state index < -0.39 is 28.5 Å². The Labute approximate surface area is 238 Å². The highest BCUT2D eigenvalue weighted by Gasteiger charge is 2.33. The lowest BCUT2D eigenvalue weighted by atomic mass is 10.0. The fourth-order valence-corrected chi connectivity index (χ4v) is 5.44. The lowest BCUT2D eigenvalue weighted by molar-refractivity contribution is -0.140. The van der Waals surface area contributed by atoms with Crippen LogP contribution in [0.5, 0.6) is 5.75 Å². The van der Waals surface area contributed by atoms with Gasteiger partial charge in [-0.3, -0.25) is 13.9 Å². The third-order valence-corrected chi connectivity index (χ3v) is 7.50. The Morgan fingerprint density at radius 2 is 1.52 bits per heavy atom. The molecule has 0 fully saturated rings. The van der Waals surface area contributed by atoms with Gasteiger partial charge >= 0.3 is 0 Å². The molecule has 0 aliphatic rings. The first-order chi connectivity index (χ1) is 18.9. The van der Waals surface area contributed by atoms with Gasteiger partial charge in [-0.05, 0) is 74.2 Å². The molecular weight excluding hydrogens is 526 g/mol. The molecule has 9 heteroatoms. The molecule has 0 saturated heterocycles. The molecule has 214 valence electrons. The second kappa shape index (κ2) is 13.5. The van der Waals surface area contributed by atoms with Crippen molar-refractivity contribution in [1.82, 2.24) is 10.2 Å². The van der Waals surface area contributed by atoms with Crippen molar-refractivity contribution in [2.24, 2.45) is 0 Å². The van der Waals surface area contributed by atoms with E-state index in [9.17, 15) is 18.0 Å². The zero-order valence-corrected chi connectivity index (χ0v) is 24.9. The number of nitrogens with one attached hydrogen (secondary N) is 1. The minimum atomic E-state index is -3.82. The maximum atomic E-state index is 14.1. The molecule has 0 heterocycles. The quantitative estimate of drug-likeness (QED) is 0.354. The van der Waals surface area contributed by atoms with Crippen LogP contribution in [0.25, 0.3) is 0 Å². The van der Waals surface area contributed by atoms with E-state index in [4.69, 9.17) is 4.74 Å². The van der Waals surface area contributed by atoms with Crippen LogP contribution in [0.1, 0.15) is 36.1 Å². The third-order valence-electron chi connectivity index (χ3n) is 6.36. The summed E-state index contributed by atoms with van der Waals surface area (Å²) in [5.41, 5.74) is 3.79. The van der Waals surface area contributed by atoms with Gasteiger partial charge in [0.15, 0.2) is 0 Å². The highest BCUT2D eigenvalue weighted by Crippen LogP contribution is 2.23. The van der Waals surface area contributed by atoms with Crippen molar-refractivity contribution >= 4 is 27.5 Å². The van der Waals surface area contributed by atoms with Crippen LogP contribution in [0.3, 0.4) is 0 Å².